The van der Waals surface area contributed by atoms with E-state index in [0.717, 1.165) is 25.0 Å². The predicted octanol–water partition coefficient (Wildman–Crippen LogP) is 2.61. The molecule has 5 rings (SSSR count). The van der Waals surface area contributed by atoms with Gasteiger partial charge in [0.05, 0.1) is 10.9 Å². The summed E-state index contributed by atoms with van der Waals surface area (Å²) in [6.45, 7) is 5.56. The van der Waals surface area contributed by atoms with Gasteiger partial charge in [-0.2, -0.15) is 4.72 Å². The second-order valence-corrected chi connectivity index (χ2v) is 13.7. The van der Waals surface area contributed by atoms with E-state index in [0.29, 0.717) is 46.5 Å². The fraction of sp³-hybridized carbons (Fsp3) is 0.667. The molecule has 1 N–H and O–H groups in total. The Morgan fingerprint density at radius 3 is 2.77 bits per heavy atom. The van der Waals surface area contributed by atoms with Gasteiger partial charge in [0.2, 0.25) is 21.8 Å². The first-order valence-electron chi connectivity index (χ1n) is 12.5. The third-order valence-corrected chi connectivity index (χ3v) is 10.2. The average molecular weight is 541 g/mol. The molecule has 1 aromatic rings. The number of carbonyl (C=O) groups excluding carboxylic acids is 2. The molecule has 4 aliphatic rings. The monoisotopic (exact) mass is 540 g/mol. The third-order valence-electron chi connectivity index (χ3n) is 7.90. The molecule has 1 aliphatic carbocycles. The number of fused-ring (bicyclic) bond motifs is 1. The number of carbonyl (C=O) groups is 2. The Kier molecular flexibility index (Phi) is 7.29. The first kappa shape index (κ1) is 25.2. The van der Waals surface area contributed by atoms with Crippen molar-refractivity contribution < 1.29 is 18.0 Å². The van der Waals surface area contributed by atoms with Crippen LogP contribution in [-0.2, 0) is 19.6 Å². The Morgan fingerprint density at radius 2 is 2.06 bits per heavy atom. The van der Waals surface area contributed by atoms with Crippen LogP contribution < -0.4 is 4.72 Å². The van der Waals surface area contributed by atoms with Gasteiger partial charge in [0.15, 0.2) is 0 Å². The number of nitrogens with one attached hydrogen (secondary N) is 1. The summed E-state index contributed by atoms with van der Waals surface area (Å²) in [5.74, 6) is 0.854. The molecule has 3 aliphatic heterocycles. The molecule has 1 aromatic heterocycles. The van der Waals surface area contributed by atoms with Crippen molar-refractivity contribution in [3.05, 3.63) is 26.8 Å². The van der Waals surface area contributed by atoms with Gasteiger partial charge >= 0.3 is 0 Å². The Hall–Kier alpha value is -1.46. The molecule has 1 saturated carbocycles. The molecule has 0 radical (unpaired) electrons. The van der Waals surface area contributed by atoms with Gasteiger partial charge in [-0.05, 0) is 75.6 Å². The predicted molar refractivity (Wildman–Crippen MR) is 137 cm³/mol. The molecule has 0 spiro atoms. The van der Waals surface area contributed by atoms with Crippen LogP contribution in [0.4, 0.5) is 0 Å². The van der Waals surface area contributed by atoms with E-state index in [1.54, 1.807) is 12.1 Å². The number of hydrogen-bond donors (Lipinski definition) is 1. The molecule has 11 heteroatoms. The Labute approximate surface area is 216 Å². The standard InChI is InChI=1S/C24H33ClN4O4S2/c1-16-4-2-9-27(16)14-21-19-12-17(19)13-29(21)23(30)15-28-10-3-5-20(24(28)31)26-35(32,33)11-8-18-6-7-22(25)34-18/h6-8,11,16-17,19-21,26H,2-5,9-10,12-15H2,1H3/b11-8+. The van der Waals surface area contributed by atoms with Gasteiger partial charge in [-0.15, -0.1) is 11.3 Å². The Balaban J connectivity index is 1.18. The molecule has 4 fully saturated rings. The summed E-state index contributed by atoms with van der Waals surface area (Å²) in [6.07, 6.45) is 6.17. The van der Waals surface area contributed by atoms with Crippen molar-refractivity contribution in [2.75, 3.05) is 32.7 Å². The molecular weight excluding hydrogens is 508 g/mol. The maximum absolute atomic E-state index is 13.3. The van der Waals surface area contributed by atoms with E-state index in [4.69, 9.17) is 11.6 Å². The lowest BCUT2D eigenvalue weighted by Gasteiger charge is -2.36. The first-order valence-corrected chi connectivity index (χ1v) is 15.2. The zero-order valence-corrected chi connectivity index (χ0v) is 22.3. The molecule has 5 atom stereocenters. The van der Waals surface area contributed by atoms with E-state index >= 15 is 0 Å². The molecule has 3 saturated heterocycles. The molecule has 2 amide bonds. The smallest absolute Gasteiger partial charge is 0.242 e. The number of thiophene rings is 1. The van der Waals surface area contributed by atoms with Crippen LogP contribution in [0, 0.1) is 11.8 Å². The number of sulfonamides is 1. The van der Waals surface area contributed by atoms with Crippen molar-refractivity contribution >= 4 is 50.9 Å². The highest BCUT2D eigenvalue weighted by molar-refractivity contribution is 7.92. The van der Waals surface area contributed by atoms with Crippen molar-refractivity contribution in [1.82, 2.24) is 19.4 Å². The normalized spacial score (nSPS) is 31.5. The molecule has 192 valence electrons. The summed E-state index contributed by atoms with van der Waals surface area (Å²) >= 11 is 7.17. The average Bonchev–Trinajstić information content (AvgIpc) is 3.08. The second kappa shape index (κ2) is 10.1. The van der Waals surface area contributed by atoms with Crippen LogP contribution in [0.25, 0.3) is 6.08 Å². The number of nitrogens with zero attached hydrogens (tertiary/aromatic N) is 3. The highest BCUT2D eigenvalue weighted by Gasteiger charge is 2.54. The van der Waals surface area contributed by atoms with Crippen molar-refractivity contribution in [3.63, 3.8) is 0 Å². The maximum atomic E-state index is 13.3. The van der Waals surface area contributed by atoms with Crippen LogP contribution in [0.5, 0.6) is 0 Å². The lowest BCUT2D eigenvalue weighted by atomic mass is 10.1. The van der Waals surface area contributed by atoms with E-state index in [1.807, 2.05) is 4.90 Å². The van der Waals surface area contributed by atoms with Crippen LogP contribution in [-0.4, -0.2) is 85.8 Å². The first-order chi connectivity index (χ1) is 16.7. The van der Waals surface area contributed by atoms with Gasteiger partial charge in [0.1, 0.15) is 6.04 Å². The second-order valence-electron chi connectivity index (χ2n) is 10.3. The molecule has 8 nitrogen and oxygen atoms in total. The van der Waals surface area contributed by atoms with Crippen molar-refractivity contribution in [3.8, 4) is 0 Å². The summed E-state index contributed by atoms with van der Waals surface area (Å²) in [6, 6.07) is 3.38. The zero-order chi connectivity index (χ0) is 24.7. The van der Waals surface area contributed by atoms with Crippen molar-refractivity contribution in [1.29, 1.82) is 0 Å². The topological polar surface area (TPSA) is 90.0 Å². The molecule has 0 bridgehead atoms. The highest BCUT2D eigenvalue weighted by Crippen LogP contribution is 2.50. The molecule has 35 heavy (non-hydrogen) atoms. The van der Waals surface area contributed by atoms with Gasteiger partial charge in [-0.1, -0.05) is 11.6 Å². The maximum Gasteiger partial charge on any atom is 0.242 e. The Bertz CT molecular complexity index is 1110. The number of halogens is 1. The minimum Gasteiger partial charge on any atom is -0.336 e. The molecule has 4 heterocycles. The summed E-state index contributed by atoms with van der Waals surface area (Å²) in [4.78, 5) is 33.1. The van der Waals surface area contributed by atoms with Crippen LogP contribution in [0.1, 0.15) is 43.9 Å². The van der Waals surface area contributed by atoms with Crippen molar-refractivity contribution in [2.45, 2.75) is 57.2 Å². The van der Waals surface area contributed by atoms with Crippen molar-refractivity contribution in [2.24, 2.45) is 11.8 Å². The van der Waals surface area contributed by atoms with E-state index in [1.165, 1.54) is 41.6 Å². The summed E-state index contributed by atoms with van der Waals surface area (Å²) in [5.41, 5.74) is 0. The molecule has 5 unspecified atom stereocenters. The molecular formula is C24H33ClN4O4S2. The quantitative estimate of drug-likeness (QED) is 0.547. The fourth-order valence-corrected chi connectivity index (χ4v) is 7.94. The van der Waals surface area contributed by atoms with E-state index in [9.17, 15) is 18.0 Å². The lowest BCUT2D eigenvalue weighted by molar-refractivity contribution is -0.144. The van der Waals surface area contributed by atoms with Crippen LogP contribution in [0.15, 0.2) is 17.5 Å². The fourth-order valence-electron chi connectivity index (χ4n) is 5.87. The van der Waals surface area contributed by atoms with Crippen LogP contribution in [0.3, 0.4) is 0 Å². The summed E-state index contributed by atoms with van der Waals surface area (Å²) < 4.78 is 28.2. The molecule has 0 aromatic carbocycles. The SMILES string of the molecule is CC1CCCN1CC1C2CC2CN1C(=O)CN1CCCC(NS(=O)(=O)/C=C/c2ccc(Cl)s2)C1=O. The summed E-state index contributed by atoms with van der Waals surface area (Å²) in [5, 5.41) is 1.06. The van der Waals surface area contributed by atoms with Crippen LogP contribution >= 0.6 is 22.9 Å². The van der Waals surface area contributed by atoms with E-state index in [-0.39, 0.29) is 24.4 Å². The largest absolute Gasteiger partial charge is 0.336 e. The number of amides is 2. The van der Waals surface area contributed by atoms with Gasteiger partial charge in [0.25, 0.3) is 0 Å². The van der Waals surface area contributed by atoms with Gasteiger partial charge < -0.3 is 9.80 Å². The third kappa shape index (κ3) is 5.77. The van der Waals surface area contributed by atoms with Gasteiger partial charge in [0, 0.05) is 42.0 Å². The van der Waals surface area contributed by atoms with Gasteiger partial charge in [-0.3, -0.25) is 14.5 Å². The number of likely N-dealkylation sites (tertiary alicyclic amines) is 3. The minimum absolute atomic E-state index is 0.0135. The Morgan fingerprint density at radius 1 is 1.26 bits per heavy atom. The van der Waals surface area contributed by atoms with Gasteiger partial charge in [-0.25, -0.2) is 8.42 Å². The minimum atomic E-state index is -3.81. The van der Waals surface area contributed by atoms with E-state index in [2.05, 4.69) is 16.5 Å². The lowest BCUT2D eigenvalue weighted by Crippen LogP contribution is -2.55. The number of hydrogen-bond acceptors (Lipinski definition) is 6. The number of piperidine rings is 2. The zero-order valence-electron chi connectivity index (χ0n) is 19.9. The number of rotatable bonds is 8. The van der Waals surface area contributed by atoms with E-state index < -0.39 is 16.1 Å². The summed E-state index contributed by atoms with van der Waals surface area (Å²) in [7, 11) is -3.81. The van der Waals surface area contributed by atoms with Crippen LogP contribution in [0.2, 0.25) is 4.34 Å². The highest BCUT2D eigenvalue weighted by atomic mass is 35.5.